The average Bonchev–Trinajstić information content (AvgIpc) is 3.43. The number of hydrogen-bond donors (Lipinski definition) is 2. The van der Waals surface area contributed by atoms with E-state index in [0.29, 0.717) is 23.9 Å². The molecule has 468 valence electrons. The minimum Gasteiger partial charge on any atom is -0.456 e. The van der Waals surface area contributed by atoms with Crippen molar-refractivity contribution in [3.63, 3.8) is 0 Å². The number of quaternary nitrogens is 1. The summed E-state index contributed by atoms with van der Waals surface area (Å²) in [6.45, 7) is 6.84. The van der Waals surface area contributed by atoms with Gasteiger partial charge in [0.15, 0.2) is 0 Å². The van der Waals surface area contributed by atoms with Crippen LogP contribution in [0, 0.1) is 0 Å². The third kappa shape index (κ3) is 61.3. The third-order valence-corrected chi connectivity index (χ3v) is 15.5. The van der Waals surface area contributed by atoms with E-state index >= 15 is 0 Å². The summed E-state index contributed by atoms with van der Waals surface area (Å²) in [5, 5.41) is 3.05. The fourth-order valence-corrected chi connectivity index (χ4v) is 10.1. The highest BCUT2D eigenvalue weighted by molar-refractivity contribution is 7.47. The van der Waals surface area contributed by atoms with E-state index in [0.717, 1.165) is 83.5 Å². The van der Waals surface area contributed by atoms with Crippen LogP contribution in [0.5, 0.6) is 0 Å². The van der Waals surface area contributed by atoms with Gasteiger partial charge in [0.2, 0.25) is 5.91 Å². The van der Waals surface area contributed by atoms with Crippen molar-refractivity contribution >= 4 is 19.7 Å². The van der Waals surface area contributed by atoms with Gasteiger partial charge in [-0.05, 0) is 102 Å². The van der Waals surface area contributed by atoms with E-state index in [-0.39, 0.29) is 31.5 Å². The topological polar surface area (TPSA) is 111 Å². The fraction of sp³-hybridized carbons (Fsp3) is 0.746. The van der Waals surface area contributed by atoms with Gasteiger partial charge in [-0.3, -0.25) is 18.6 Å². The molecule has 10 heteroatoms. The number of nitrogens with one attached hydrogen (secondary N) is 1. The second-order valence-corrected chi connectivity index (χ2v) is 25.1. The highest BCUT2D eigenvalue weighted by Gasteiger charge is 2.30. The van der Waals surface area contributed by atoms with E-state index in [4.69, 9.17) is 13.8 Å². The van der Waals surface area contributed by atoms with Crippen LogP contribution in [0.1, 0.15) is 290 Å². The lowest BCUT2D eigenvalue weighted by Crippen LogP contribution is -2.47. The van der Waals surface area contributed by atoms with Crippen LogP contribution in [0.2, 0.25) is 0 Å². The first-order valence-electron chi connectivity index (χ1n) is 33.6. The Morgan fingerprint density at radius 2 is 0.802 bits per heavy atom. The molecule has 0 aromatic rings. The molecule has 0 saturated heterocycles. The third-order valence-electron chi connectivity index (χ3n) is 14.5. The van der Waals surface area contributed by atoms with Crippen LogP contribution in [-0.2, 0) is 27.9 Å². The van der Waals surface area contributed by atoms with Crippen LogP contribution in [0.15, 0.2) is 97.2 Å². The SMILES string of the molecule is CC/C=C\C/C=C\C/C=C\C/C=C\C/C=C\CCCC(=O)OC(/C=C\CCCCCCCCCCC)C(COP(=O)(O)OCC[N+](C)(C)C)NC(=O)CCCCCCCCCCCCCCCCCCC/C=C\C/C=C\CCCCC. The number of rotatable bonds is 60. The first-order valence-corrected chi connectivity index (χ1v) is 35.1. The number of unbranched alkanes of at least 4 members (excludes halogenated alkanes) is 30. The van der Waals surface area contributed by atoms with Gasteiger partial charge in [-0.25, -0.2) is 4.57 Å². The Balaban J connectivity index is 5.07. The number of carbonyl (C=O) groups is 2. The molecule has 0 aromatic carbocycles. The molecule has 0 fully saturated rings. The summed E-state index contributed by atoms with van der Waals surface area (Å²) in [6, 6.07) is -0.875. The number of carbonyl (C=O) groups excluding carboxylic acids is 2. The number of esters is 1. The lowest BCUT2D eigenvalue weighted by atomic mass is 10.0. The minimum absolute atomic E-state index is 0.0284. The lowest BCUT2D eigenvalue weighted by molar-refractivity contribution is -0.870. The quantitative estimate of drug-likeness (QED) is 0.0205. The van der Waals surface area contributed by atoms with Crippen LogP contribution in [0.4, 0.5) is 0 Å². The molecule has 0 bridgehead atoms. The Morgan fingerprint density at radius 3 is 1.23 bits per heavy atom. The molecule has 0 radical (unpaired) electrons. The van der Waals surface area contributed by atoms with E-state index in [1.54, 1.807) is 0 Å². The molecule has 0 rings (SSSR count). The molecule has 0 aliphatic heterocycles. The molecule has 0 aromatic heterocycles. The molecule has 3 atom stereocenters. The summed E-state index contributed by atoms with van der Waals surface area (Å²) >= 11 is 0. The number of allylic oxidation sites excluding steroid dienone is 15. The molecule has 2 N–H and O–H groups in total. The number of phosphoric ester groups is 1. The van der Waals surface area contributed by atoms with Gasteiger partial charge >= 0.3 is 13.8 Å². The van der Waals surface area contributed by atoms with E-state index in [2.05, 4.69) is 111 Å². The minimum atomic E-state index is -4.47. The fourth-order valence-electron chi connectivity index (χ4n) is 9.36. The lowest BCUT2D eigenvalue weighted by Gasteiger charge is -2.27. The summed E-state index contributed by atoms with van der Waals surface area (Å²) < 4.78 is 30.7. The summed E-state index contributed by atoms with van der Waals surface area (Å²) in [7, 11) is 1.46. The van der Waals surface area contributed by atoms with Crippen molar-refractivity contribution in [3.05, 3.63) is 97.2 Å². The van der Waals surface area contributed by atoms with Gasteiger partial charge in [0, 0.05) is 12.8 Å². The Kier molecular flexibility index (Phi) is 57.8. The molecule has 0 aliphatic rings. The molecule has 1 amide bonds. The van der Waals surface area contributed by atoms with Gasteiger partial charge in [-0.15, -0.1) is 0 Å². The van der Waals surface area contributed by atoms with Gasteiger partial charge in [-0.2, -0.15) is 0 Å². The van der Waals surface area contributed by atoms with Crippen molar-refractivity contribution < 1.29 is 37.3 Å². The Hall–Kier alpha value is -3.07. The van der Waals surface area contributed by atoms with Crippen molar-refractivity contribution in [1.82, 2.24) is 5.32 Å². The Morgan fingerprint density at radius 1 is 0.444 bits per heavy atom. The monoisotopic (exact) mass is 1150 g/mol. The van der Waals surface area contributed by atoms with Gasteiger partial charge < -0.3 is 19.4 Å². The molecular weight excluding hydrogens is 1020 g/mol. The van der Waals surface area contributed by atoms with Crippen LogP contribution < -0.4 is 5.32 Å². The second-order valence-electron chi connectivity index (χ2n) is 23.6. The molecule has 9 nitrogen and oxygen atoms in total. The molecule has 3 unspecified atom stereocenters. The Bertz CT molecular complexity index is 1710. The van der Waals surface area contributed by atoms with Gasteiger partial charge in [0.25, 0.3) is 0 Å². The smallest absolute Gasteiger partial charge is 0.456 e. The predicted octanol–water partition coefficient (Wildman–Crippen LogP) is 21.1. The maximum absolute atomic E-state index is 13.6. The maximum Gasteiger partial charge on any atom is 0.472 e. The van der Waals surface area contributed by atoms with Crippen molar-refractivity contribution in [2.24, 2.45) is 0 Å². The van der Waals surface area contributed by atoms with E-state index in [9.17, 15) is 19.0 Å². The van der Waals surface area contributed by atoms with Crippen molar-refractivity contribution in [2.45, 2.75) is 303 Å². The van der Waals surface area contributed by atoms with Crippen molar-refractivity contribution in [2.75, 3.05) is 40.9 Å². The first-order chi connectivity index (χ1) is 39.4. The van der Waals surface area contributed by atoms with E-state index < -0.39 is 20.0 Å². The zero-order valence-corrected chi connectivity index (χ0v) is 54.4. The number of likely N-dealkylation sites (N-methyl/N-ethyl adjacent to an activating group) is 1. The predicted molar refractivity (Wildman–Crippen MR) is 350 cm³/mol. The molecular formula is C71H128N2O7P+. The molecule has 0 saturated carbocycles. The summed E-state index contributed by atoms with van der Waals surface area (Å²) in [4.78, 5) is 37.7. The average molecular weight is 1150 g/mol. The summed E-state index contributed by atoms with van der Waals surface area (Å²) in [5.41, 5.74) is 0. The van der Waals surface area contributed by atoms with Crippen molar-refractivity contribution in [3.8, 4) is 0 Å². The maximum atomic E-state index is 13.6. The second kappa shape index (κ2) is 60.1. The van der Waals surface area contributed by atoms with Crippen LogP contribution in [-0.4, -0.2) is 74.3 Å². The standard InChI is InChI=1S/C71H127N2O7P/c1-7-10-13-16-19-22-25-27-29-31-32-33-34-35-36-37-38-39-40-42-43-45-48-51-54-57-60-63-70(74)72-68(67-79-81(76,77)78-66-65-73(4,5)6)69(62-59-56-53-50-47-24-21-18-15-12-9-3)80-71(75)64-61-58-55-52-49-46-44-41-30-28-26-23-20-17-14-11-8-2/h11,14,19-20,22-23,27-30,44,46,52,55,59,62,68-69H,7-10,12-13,15-18,21,24-26,31-43,45,47-51,53-54,56-58,60-61,63-67H2,1-6H3,(H-,72,74,76,77)/p+1/b14-11-,22-19-,23-20-,29-27-,30-28-,46-44-,55-52-,62-59-. The molecule has 81 heavy (non-hydrogen) atoms. The van der Waals surface area contributed by atoms with Gasteiger partial charge in [0.05, 0.1) is 33.8 Å². The number of nitrogens with zero attached hydrogens (tertiary/aromatic N) is 1. The summed E-state index contributed by atoms with van der Waals surface area (Å²) in [6.07, 6.45) is 81.5. The highest BCUT2D eigenvalue weighted by atomic mass is 31.2. The number of phosphoric acid groups is 1. The number of amides is 1. The highest BCUT2D eigenvalue weighted by Crippen LogP contribution is 2.43. The number of hydrogen-bond acceptors (Lipinski definition) is 6. The van der Waals surface area contributed by atoms with Crippen LogP contribution in [0.25, 0.3) is 0 Å². The van der Waals surface area contributed by atoms with E-state index in [1.165, 1.54) is 167 Å². The van der Waals surface area contributed by atoms with Gasteiger partial charge in [-0.1, -0.05) is 272 Å². The first kappa shape index (κ1) is 77.9. The van der Waals surface area contributed by atoms with Crippen LogP contribution >= 0.6 is 7.82 Å². The zero-order valence-electron chi connectivity index (χ0n) is 53.5. The summed E-state index contributed by atoms with van der Waals surface area (Å²) in [5.74, 6) is -0.571. The zero-order chi connectivity index (χ0) is 59.3. The number of ether oxygens (including phenoxy) is 1. The molecule has 0 heterocycles. The van der Waals surface area contributed by atoms with Crippen LogP contribution in [0.3, 0.4) is 0 Å². The Labute approximate surface area is 500 Å². The van der Waals surface area contributed by atoms with Gasteiger partial charge in [0.1, 0.15) is 19.3 Å². The largest absolute Gasteiger partial charge is 0.472 e. The molecule has 0 spiro atoms. The molecule has 0 aliphatic carbocycles. The van der Waals surface area contributed by atoms with Crippen molar-refractivity contribution in [1.29, 1.82) is 0 Å². The van der Waals surface area contributed by atoms with E-state index in [1.807, 2.05) is 33.3 Å². The normalized spacial score (nSPS) is 14.2.